The summed E-state index contributed by atoms with van der Waals surface area (Å²) in [6.45, 7) is 7.54. The van der Waals surface area contributed by atoms with Gasteiger partial charge in [0.1, 0.15) is 0 Å². The van der Waals surface area contributed by atoms with Crippen LogP contribution in [0.25, 0.3) is 0 Å². The first-order chi connectivity index (χ1) is 3.18. The molecular weight excluding hydrogens is 86.1 g/mol. The normalized spacial score (nSPS) is 11.4. The number of nitrogens with two attached hydrogens (primary N) is 1. The Morgan fingerprint density at radius 2 is 2.00 bits per heavy atom. The van der Waals surface area contributed by atoms with Gasteiger partial charge >= 0.3 is 0 Å². The molecule has 0 spiro atoms. The zero-order chi connectivity index (χ0) is 5.86. The summed E-state index contributed by atoms with van der Waals surface area (Å²) in [5.74, 6) is 0. The van der Waals surface area contributed by atoms with E-state index in [1.807, 2.05) is 13.8 Å². The van der Waals surface area contributed by atoms with E-state index < -0.39 is 0 Å². The summed E-state index contributed by atoms with van der Waals surface area (Å²) < 4.78 is 0. The van der Waals surface area contributed by atoms with E-state index in [1.54, 1.807) is 6.20 Å². The van der Waals surface area contributed by atoms with E-state index in [1.165, 1.54) is 0 Å². The Morgan fingerprint density at radius 3 is 2.00 bits per heavy atom. The molecule has 0 fully saturated rings. The van der Waals surface area contributed by atoms with Crippen molar-refractivity contribution in [3.63, 3.8) is 0 Å². The van der Waals surface area contributed by atoms with Crippen LogP contribution in [0, 0.1) is 0 Å². The largest absolute Gasteiger partial charge is 0.404 e. The lowest BCUT2D eigenvalue weighted by molar-refractivity contribution is 1.32. The van der Waals surface area contributed by atoms with Gasteiger partial charge in [0.05, 0.1) is 0 Å². The summed E-state index contributed by atoms with van der Waals surface area (Å²) >= 11 is 0. The van der Waals surface area contributed by atoms with E-state index in [0.29, 0.717) is 0 Å². The molecule has 0 saturated heterocycles. The third-order valence-electron chi connectivity index (χ3n) is 0.923. The Labute approximate surface area is 44.5 Å². The average Bonchev–Trinajstić information content (AvgIpc) is 1.65. The Hall–Kier alpha value is -0.720. The van der Waals surface area contributed by atoms with Crippen molar-refractivity contribution in [3.05, 3.63) is 23.9 Å². The number of allylic oxidation sites excluding steroid dienone is 2. The fraction of sp³-hybridized carbons (Fsp3) is 0.333. The second kappa shape index (κ2) is 2.45. The molecule has 0 atom stereocenters. The maximum atomic E-state index is 5.15. The van der Waals surface area contributed by atoms with E-state index in [4.69, 9.17) is 5.73 Å². The van der Waals surface area contributed by atoms with E-state index in [9.17, 15) is 0 Å². The quantitative estimate of drug-likeness (QED) is 0.492. The van der Waals surface area contributed by atoms with Crippen molar-refractivity contribution in [2.75, 3.05) is 0 Å². The van der Waals surface area contributed by atoms with Gasteiger partial charge < -0.3 is 5.73 Å². The molecule has 7 heavy (non-hydrogen) atoms. The molecule has 0 saturated carbocycles. The van der Waals surface area contributed by atoms with Crippen molar-refractivity contribution in [2.24, 2.45) is 5.73 Å². The molecule has 0 aliphatic heterocycles. The first-order valence-electron chi connectivity index (χ1n) is 2.23. The second-order valence-electron chi connectivity index (χ2n) is 1.63. The predicted octanol–water partition coefficient (Wildman–Crippen LogP) is 1.43. The minimum Gasteiger partial charge on any atom is -0.404 e. The van der Waals surface area contributed by atoms with Crippen molar-refractivity contribution < 1.29 is 0 Å². The van der Waals surface area contributed by atoms with E-state index in [2.05, 4.69) is 6.58 Å². The molecular formula is C6H11N. The lowest BCUT2D eigenvalue weighted by Crippen LogP contribution is -1.83. The summed E-state index contributed by atoms with van der Waals surface area (Å²) in [6, 6.07) is 0. The number of hydrogen-bond donors (Lipinski definition) is 1. The van der Waals surface area contributed by atoms with Gasteiger partial charge in [0.25, 0.3) is 0 Å². The molecule has 0 amide bonds. The average molecular weight is 97.2 g/mol. The summed E-state index contributed by atoms with van der Waals surface area (Å²) in [5.41, 5.74) is 7.24. The maximum absolute atomic E-state index is 5.15. The molecule has 0 aromatic heterocycles. The van der Waals surface area contributed by atoms with Crippen molar-refractivity contribution in [2.45, 2.75) is 13.8 Å². The fourth-order valence-electron chi connectivity index (χ4n) is 0.142. The van der Waals surface area contributed by atoms with Crippen LogP contribution in [0.3, 0.4) is 0 Å². The molecule has 1 nitrogen and oxygen atoms in total. The third-order valence-corrected chi connectivity index (χ3v) is 0.923. The van der Waals surface area contributed by atoms with E-state index >= 15 is 0 Å². The van der Waals surface area contributed by atoms with Crippen LogP contribution in [0.2, 0.25) is 0 Å². The van der Waals surface area contributed by atoms with Gasteiger partial charge in [-0.15, -0.1) is 0 Å². The van der Waals surface area contributed by atoms with Crippen molar-refractivity contribution >= 4 is 0 Å². The monoisotopic (exact) mass is 97.1 g/mol. The fourth-order valence-corrected chi connectivity index (χ4v) is 0.142. The molecule has 0 unspecified atom stereocenters. The molecule has 40 valence electrons. The lowest BCUT2D eigenvalue weighted by atomic mass is 10.2. The Kier molecular flexibility index (Phi) is 2.20. The Balaban J connectivity index is 3.82. The van der Waals surface area contributed by atoms with Crippen molar-refractivity contribution in [3.8, 4) is 0 Å². The van der Waals surface area contributed by atoms with Gasteiger partial charge in [0.2, 0.25) is 0 Å². The van der Waals surface area contributed by atoms with Gasteiger partial charge in [-0.25, -0.2) is 0 Å². The Bertz CT molecular complexity index is 101. The number of hydrogen-bond acceptors (Lipinski definition) is 1. The van der Waals surface area contributed by atoms with Crippen LogP contribution >= 0.6 is 0 Å². The minimum absolute atomic E-state index is 1.03. The molecule has 1 heteroatoms. The lowest BCUT2D eigenvalue weighted by Gasteiger charge is -1.91. The second-order valence-corrected chi connectivity index (χ2v) is 1.63. The summed E-state index contributed by atoms with van der Waals surface area (Å²) in [6.07, 6.45) is 1.56. The predicted molar refractivity (Wildman–Crippen MR) is 32.8 cm³/mol. The number of rotatable bonds is 1. The van der Waals surface area contributed by atoms with Crippen LogP contribution in [0.5, 0.6) is 0 Å². The standard InChI is InChI=1S/C6H11N/c1-5(2)6(3)4-7/h4H,1,7H2,2-3H3/b6-4-. The molecule has 0 aromatic carbocycles. The van der Waals surface area contributed by atoms with Crippen LogP contribution in [0.4, 0.5) is 0 Å². The highest BCUT2D eigenvalue weighted by atomic mass is 14.5. The van der Waals surface area contributed by atoms with Crippen molar-refractivity contribution in [1.29, 1.82) is 0 Å². The third kappa shape index (κ3) is 2.04. The van der Waals surface area contributed by atoms with Crippen LogP contribution < -0.4 is 5.73 Å². The first-order valence-corrected chi connectivity index (χ1v) is 2.23. The maximum Gasteiger partial charge on any atom is -0.00301 e. The van der Waals surface area contributed by atoms with E-state index in [-0.39, 0.29) is 0 Å². The van der Waals surface area contributed by atoms with Crippen LogP contribution in [-0.2, 0) is 0 Å². The zero-order valence-electron chi connectivity index (χ0n) is 4.86. The van der Waals surface area contributed by atoms with Crippen LogP contribution in [0.15, 0.2) is 23.9 Å². The molecule has 0 radical (unpaired) electrons. The van der Waals surface area contributed by atoms with Gasteiger partial charge in [-0.1, -0.05) is 12.2 Å². The van der Waals surface area contributed by atoms with Gasteiger partial charge in [0.15, 0.2) is 0 Å². The van der Waals surface area contributed by atoms with Gasteiger partial charge in [-0.05, 0) is 25.6 Å². The van der Waals surface area contributed by atoms with Gasteiger partial charge in [0, 0.05) is 0 Å². The van der Waals surface area contributed by atoms with Crippen LogP contribution in [-0.4, -0.2) is 0 Å². The van der Waals surface area contributed by atoms with Crippen LogP contribution in [0.1, 0.15) is 13.8 Å². The molecule has 0 aromatic rings. The van der Waals surface area contributed by atoms with Crippen molar-refractivity contribution in [1.82, 2.24) is 0 Å². The molecule has 0 heterocycles. The molecule has 2 N–H and O–H groups in total. The first kappa shape index (κ1) is 6.28. The SMILES string of the molecule is C=C(C)/C(C)=C\N. The molecule has 0 aliphatic carbocycles. The van der Waals surface area contributed by atoms with Gasteiger partial charge in [-0.3, -0.25) is 0 Å². The summed E-state index contributed by atoms with van der Waals surface area (Å²) in [5, 5.41) is 0. The highest BCUT2D eigenvalue weighted by Crippen LogP contribution is 2.00. The highest BCUT2D eigenvalue weighted by Gasteiger charge is 1.82. The van der Waals surface area contributed by atoms with E-state index in [0.717, 1.165) is 11.1 Å². The topological polar surface area (TPSA) is 26.0 Å². The smallest absolute Gasteiger partial charge is 0.00301 e. The summed E-state index contributed by atoms with van der Waals surface area (Å²) in [7, 11) is 0. The molecule has 0 aliphatic rings. The molecule has 0 rings (SSSR count). The summed E-state index contributed by atoms with van der Waals surface area (Å²) in [4.78, 5) is 0. The molecule has 0 bridgehead atoms. The minimum atomic E-state index is 1.03. The zero-order valence-corrected chi connectivity index (χ0v) is 4.86. The van der Waals surface area contributed by atoms with Gasteiger partial charge in [-0.2, -0.15) is 0 Å². The Morgan fingerprint density at radius 1 is 1.57 bits per heavy atom. The highest BCUT2D eigenvalue weighted by molar-refractivity contribution is 5.22.